The predicted octanol–water partition coefficient (Wildman–Crippen LogP) is 12.2. The number of nitrogens with zero attached hydrogens (tertiary/aromatic N) is 4. The number of fused-ring (bicyclic) bond motifs is 4. The van der Waals surface area contributed by atoms with Crippen LogP contribution >= 0.6 is 0 Å². The van der Waals surface area contributed by atoms with Gasteiger partial charge >= 0.3 is 21.1 Å². The standard InChI is InChI=1S/C46H52N4O.Pt/c1-43(2,3)30-23-24-47-42(25-30)50-36-18-14-13-17-32(36)33-27-35(45(7,8)9)41(28-39(33)50)51-40-26-31(21-22-34(40)44(4,5)6)48-29-49(46(10,11)12)38-20-16-15-19-37(38)48;/h13-25,27H,29H2,1-12H3;/q-2;+2. The minimum absolute atomic E-state index is 0. The molecule has 6 heteroatoms. The van der Waals surface area contributed by atoms with Gasteiger partial charge in [-0.3, -0.25) is 0 Å². The maximum Gasteiger partial charge on any atom is 2.00 e. The fourth-order valence-corrected chi connectivity index (χ4v) is 7.19. The first-order valence-electron chi connectivity index (χ1n) is 18.2. The first-order valence-corrected chi connectivity index (χ1v) is 18.2. The van der Waals surface area contributed by atoms with E-state index in [0.29, 0.717) is 5.75 Å². The zero-order valence-corrected chi connectivity index (χ0v) is 35.1. The number of pyridine rings is 1. The van der Waals surface area contributed by atoms with Crippen LogP contribution in [0.5, 0.6) is 11.5 Å². The summed E-state index contributed by atoms with van der Waals surface area (Å²) in [4.78, 5) is 9.71. The summed E-state index contributed by atoms with van der Waals surface area (Å²) in [6, 6.07) is 35.9. The van der Waals surface area contributed by atoms with Crippen LogP contribution in [-0.2, 0) is 37.3 Å². The molecule has 0 unspecified atom stereocenters. The van der Waals surface area contributed by atoms with Gasteiger partial charge < -0.3 is 19.1 Å². The summed E-state index contributed by atoms with van der Waals surface area (Å²) in [5, 5.41) is 2.30. The van der Waals surface area contributed by atoms with Crippen LogP contribution in [0, 0.1) is 12.1 Å². The Morgan fingerprint density at radius 1 is 0.635 bits per heavy atom. The van der Waals surface area contributed by atoms with Crippen molar-refractivity contribution in [3.05, 3.63) is 114 Å². The number of hydrogen-bond donors (Lipinski definition) is 0. The Kier molecular flexibility index (Phi) is 9.49. The Bertz CT molecular complexity index is 2270. The summed E-state index contributed by atoms with van der Waals surface area (Å²) in [7, 11) is 0. The van der Waals surface area contributed by atoms with Crippen molar-refractivity contribution in [1.82, 2.24) is 9.55 Å². The molecule has 52 heavy (non-hydrogen) atoms. The molecule has 0 saturated heterocycles. The maximum atomic E-state index is 7.16. The zero-order valence-electron chi connectivity index (χ0n) is 32.8. The molecule has 1 aliphatic rings. The van der Waals surface area contributed by atoms with Crippen LogP contribution in [0.4, 0.5) is 17.1 Å². The molecule has 272 valence electrons. The minimum Gasteiger partial charge on any atom is -0.509 e. The van der Waals surface area contributed by atoms with Gasteiger partial charge in [0.05, 0.1) is 18.0 Å². The SMILES string of the molecule is CC(C)(C)c1ccnc(-n2c3[c-]c(Oc4[c-]c(N5CN(C(C)(C)C)c6ccccc65)ccc4C(C)(C)C)c(C(C)(C)C)cc3c3ccccc32)c1.[Pt+2]. The third-order valence-electron chi connectivity index (χ3n) is 10.1. The first-order chi connectivity index (χ1) is 23.8. The number of rotatable bonds is 4. The van der Waals surface area contributed by atoms with E-state index in [1.807, 2.05) is 6.20 Å². The normalized spacial score (nSPS) is 13.8. The molecule has 0 saturated carbocycles. The molecule has 0 aliphatic carbocycles. The molecule has 0 amide bonds. The van der Waals surface area contributed by atoms with E-state index in [1.165, 1.54) is 22.3 Å². The molecular weight excluding hydrogens is 820 g/mol. The molecule has 7 rings (SSSR count). The van der Waals surface area contributed by atoms with Crippen molar-refractivity contribution in [2.45, 2.75) is 105 Å². The van der Waals surface area contributed by atoms with Crippen LogP contribution in [0.1, 0.15) is 99.8 Å². The fraction of sp³-hybridized carbons (Fsp3) is 0.370. The molecule has 5 nitrogen and oxygen atoms in total. The summed E-state index contributed by atoms with van der Waals surface area (Å²) in [5.74, 6) is 2.31. The summed E-state index contributed by atoms with van der Waals surface area (Å²) < 4.78 is 9.41. The van der Waals surface area contributed by atoms with E-state index in [-0.39, 0.29) is 42.8 Å². The molecule has 2 aromatic heterocycles. The molecule has 3 heterocycles. The van der Waals surface area contributed by atoms with Gasteiger partial charge in [-0.25, -0.2) is 4.98 Å². The number of benzene rings is 4. The summed E-state index contributed by atoms with van der Waals surface area (Å²) in [5.41, 5.74) is 8.40. The van der Waals surface area contributed by atoms with Crippen LogP contribution in [-0.4, -0.2) is 21.8 Å². The van der Waals surface area contributed by atoms with E-state index in [0.717, 1.165) is 51.5 Å². The topological polar surface area (TPSA) is 33.5 Å². The molecule has 0 N–H and O–H groups in total. The van der Waals surface area contributed by atoms with Gasteiger partial charge in [0, 0.05) is 28.8 Å². The Morgan fingerprint density at radius 2 is 1.27 bits per heavy atom. The smallest absolute Gasteiger partial charge is 0.509 e. The molecule has 0 spiro atoms. The second-order valence-corrected chi connectivity index (χ2v) is 18.1. The predicted molar refractivity (Wildman–Crippen MR) is 215 cm³/mol. The van der Waals surface area contributed by atoms with Crippen molar-refractivity contribution >= 4 is 38.9 Å². The van der Waals surface area contributed by atoms with Crippen LogP contribution in [0.25, 0.3) is 27.6 Å². The van der Waals surface area contributed by atoms with Gasteiger partial charge in [0.25, 0.3) is 0 Å². The molecule has 0 fully saturated rings. The molecule has 0 atom stereocenters. The van der Waals surface area contributed by atoms with Crippen LogP contribution < -0.4 is 14.5 Å². The van der Waals surface area contributed by atoms with E-state index in [1.54, 1.807) is 0 Å². The summed E-state index contributed by atoms with van der Waals surface area (Å²) >= 11 is 0. The van der Waals surface area contributed by atoms with Crippen molar-refractivity contribution in [2.24, 2.45) is 0 Å². The fourth-order valence-electron chi connectivity index (χ4n) is 7.19. The monoisotopic (exact) mass is 871 g/mol. The Labute approximate surface area is 325 Å². The van der Waals surface area contributed by atoms with Crippen molar-refractivity contribution in [1.29, 1.82) is 0 Å². The Balaban J connectivity index is 0.00000464. The van der Waals surface area contributed by atoms with Gasteiger partial charge in [0.2, 0.25) is 0 Å². The number of ether oxygens (including phenoxy) is 1. The van der Waals surface area contributed by atoms with Gasteiger partial charge in [0.15, 0.2) is 0 Å². The third-order valence-corrected chi connectivity index (χ3v) is 10.1. The van der Waals surface area contributed by atoms with E-state index in [2.05, 4.69) is 188 Å². The minimum atomic E-state index is -0.214. The number of aromatic nitrogens is 2. The third kappa shape index (κ3) is 6.78. The number of para-hydroxylation sites is 3. The van der Waals surface area contributed by atoms with Gasteiger partial charge in [0.1, 0.15) is 5.82 Å². The molecule has 0 radical (unpaired) electrons. The van der Waals surface area contributed by atoms with Gasteiger partial charge in [-0.1, -0.05) is 115 Å². The van der Waals surface area contributed by atoms with Crippen LogP contribution in [0.3, 0.4) is 0 Å². The van der Waals surface area contributed by atoms with Crippen molar-refractivity contribution in [3.63, 3.8) is 0 Å². The van der Waals surface area contributed by atoms with Gasteiger partial charge in [-0.2, -0.15) is 12.1 Å². The zero-order chi connectivity index (χ0) is 36.7. The van der Waals surface area contributed by atoms with Gasteiger partial charge in [-0.15, -0.1) is 34.7 Å². The van der Waals surface area contributed by atoms with Crippen LogP contribution in [0.15, 0.2) is 85.1 Å². The Hall–Kier alpha value is -4.08. The second-order valence-electron chi connectivity index (χ2n) is 18.1. The maximum absolute atomic E-state index is 7.16. The molecule has 6 aromatic rings. The van der Waals surface area contributed by atoms with Crippen molar-refractivity contribution in [2.75, 3.05) is 16.5 Å². The summed E-state index contributed by atoms with van der Waals surface area (Å²) in [6.07, 6.45) is 1.92. The van der Waals surface area contributed by atoms with E-state index in [9.17, 15) is 0 Å². The largest absolute Gasteiger partial charge is 2.00 e. The summed E-state index contributed by atoms with van der Waals surface area (Å²) in [6.45, 7) is 27.7. The number of anilines is 3. The molecular formula is C46H52N4OPt. The average molecular weight is 872 g/mol. The first kappa shape index (κ1) is 37.7. The van der Waals surface area contributed by atoms with Gasteiger partial charge in [-0.05, 0) is 67.5 Å². The number of hydrogen-bond acceptors (Lipinski definition) is 4. The molecule has 1 aliphatic heterocycles. The Morgan fingerprint density at radius 3 is 1.92 bits per heavy atom. The van der Waals surface area contributed by atoms with E-state index in [4.69, 9.17) is 9.72 Å². The van der Waals surface area contributed by atoms with Crippen molar-refractivity contribution in [3.8, 4) is 17.3 Å². The quantitative estimate of drug-likeness (QED) is 0.165. The van der Waals surface area contributed by atoms with Crippen LogP contribution in [0.2, 0.25) is 0 Å². The second kappa shape index (κ2) is 13.1. The average Bonchev–Trinajstić information content (AvgIpc) is 3.59. The van der Waals surface area contributed by atoms with E-state index < -0.39 is 0 Å². The molecule has 4 aromatic carbocycles. The van der Waals surface area contributed by atoms with Crippen molar-refractivity contribution < 1.29 is 25.8 Å². The molecule has 0 bridgehead atoms. The van der Waals surface area contributed by atoms with E-state index >= 15 is 0 Å².